The lowest BCUT2D eigenvalue weighted by Gasteiger charge is -2.16. The van der Waals surface area contributed by atoms with E-state index >= 15 is 0 Å². The minimum atomic E-state index is 0.303. The summed E-state index contributed by atoms with van der Waals surface area (Å²) in [4.78, 5) is 4.20. The topological polar surface area (TPSA) is 24.9 Å². The number of rotatable bonds is 4. The summed E-state index contributed by atoms with van der Waals surface area (Å²) in [7, 11) is 0. The predicted molar refractivity (Wildman–Crippen MR) is 76.8 cm³/mol. The average molecular weight is 240 g/mol. The van der Waals surface area contributed by atoms with Crippen molar-refractivity contribution in [1.29, 1.82) is 0 Å². The van der Waals surface area contributed by atoms with Crippen molar-refractivity contribution in [1.82, 2.24) is 4.98 Å². The Balaban J connectivity index is 2.09. The van der Waals surface area contributed by atoms with Crippen molar-refractivity contribution in [2.24, 2.45) is 0 Å². The van der Waals surface area contributed by atoms with Crippen LogP contribution in [-0.4, -0.2) is 4.98 Å². The zero-order chi connectivity index (χ0) is 13.0. The van der Waals surface area contributed by atoms with Gasteiger partial charge in [0.1, 0.15) is 0 Å². The Bertz CT molecular complexity index is 503. The minimum absolute atomic E-state index is 0.303. The normalized spacial score (nSPS) is 12.2. The van der Waals surface area contributed by atoms with Gasteiger partial charge in [-0.2, -0.15) is 0 Å². The van der Waals surface area contributed by atoms with Gasteiger partial charge in [-0.05, 0) is 43.5 Å². The number of nitrogens with one attached hydrogen (secondary N) is 1. The van der Waals surface area contributed by atoms with E-state index in [2.05, 4.69) is 54.5 Å². The first-order valence-electron chi connectivity index (χ1n) is 6.47. The Morgan fingerprint density at radius 3 is 2.50 bits per heavy atom. The van der Waals surface area contributed by atoms with Gasteiger partial charge >= 0.3 is 0 Å². The highest BCUT2D eigenvalue weighted by Gasteiger charge is 2.05. The first-order valence-corrected chi connectivity index (χ1v) is 6.47. The number of nitrogens with zero attached hydrogens (tertiary/aromatic N) is 1. The third-order valence-corrected chi connectivity index (χ3v) is 3.17. The fourth-order valence-corrected chi connectivity index (χ4v) is 2.01. The molecule has 0 amide bonds. The standard InChI is InChI=1S/C16H20N2/c1-4-14-5-7-15(8-6-14)13(3)18-16-9-10-17-12(2)11-16/h5-11,13H,4H2,1-3H3,(H,17,18). The summed E-state index contributed by atoms with van der Waals surface area (Å²) in [6.45, 7) is 6.36. The summed E-state index contributed by atoms with van der Waals surface area (Å²) >= 11 is 0. The van der Waals surface area contributed by atoms with Gasteiger partial charge in [0.2, 0.25) is 0 Å². The van der Waals surface area contributed by atoms with E-state index < -0.39 is 0 Å². The van der Waals surface area contributed by atoms with Crippen LogP contribution in [0.2, 0.25) is 0 Å². The molecule has 2 rings (SSSR count). The highest BCUT2D eigenvalue weighted by Crippen LogP contribution is 2.19. The summed E-state index contributed by atoms with van der Waals surface area (Å²) in [6, 6.07) is 13.2. The van der Waals surface area contributed by atoms with Gasteiger partial charge in [0.05, 0.1) is 0 Å². The van der Waals surface area contributed by atoms with Crippen LogP contribution >= 0.6 is 0 Å². The van der Waals surface area contributed by atoms with Crippen LogP contribution in [0.25, 0.3) is 0 Å². The molecule has 1 unspecified atom stereocenters. The summed E-state index contributed by atoms with van der Waals surface area (Å²) in [5, 5.41) is 3.50. The van der Waals surface area contributed by atoms with Crippen molar-refractivity contribution in [2.45, 2.75) is 33.2 Å². The second kappa shape index (κ2) is 5.67. The maximum absolute atomic E-state index is 4.20. The summed E-state index contributed by atoms with van der Waals surface area (Å²) < 4.78 is 0. The molecule has 1 aromatic carbocycles. The molecule has 0 aliphatic heterocycles. The predicted octanol–water partition coefficient (Wildman–Crippen LogP) is 4.13. The molecular formula is C16H20N2. The molecule has 2 heteroatoms. The largest absolute Gasteiger partial charge is 0.378 e. The molecule has 1 atom stereocenters. The van der Waals surface area contributed by atoms with E-state index in [-0.39, 0.29) is 0 Å². The molecule has 1 aromatic heterocycles. The molecule has 1 N–H and O–H groups in total. The second-order valence-electron chi connectivity index (χ2n) is 4.65. The molecule has 0 aliphatic carbocycles. The third-order valence-electron chi connectivity index (χ3n) is 3.17. The van der Waals surface area contributed by atoms with Crippen LogP contribution in [0.15, 0.2) is 42.6 Å². The molecule has 0 saturated heterocycles. The van der Waals surface area contributed by atoms with Crippen LogP contribution in [0.1, 0.15) is 36.7 Å². The number of hydrogen-bond acceptors (Lipinski definition) is 2. The van der Waals surface area contributed by atoms with Gasteiger partial charge < -0.3 is 5.32 Å². The SMILES string of the molecule is CCc1ccc(C(C)Nc2ccnc(C)c2)cc1. The zero-order valence-corrected chi connectivity index (χ0v) is 11.3. The molecule has 0 bridgehead atoms. The van der Waals surface area contributed by atoms with E-state index in [0.717, 1.165) is 17.8 Å². The second-order valence-corrected chi connectivity index (χ2v) is 4.65. The van der Waals surface area contributed by atoms with E-state index in [1.54, 1.807) is 0 Å². The van der Waals surface area contributed by atoms with Crippen molar-refractivity contribution in [3.8, 4) is 0 Å². The summed E-state index contributed by atoms with van der Waals surface area (Å²) in [6.07, 6.45) is 2.93. The van der Waals surface area contributed by atoms with E-state index in [4.69, 9.17) is 0 Å². The number of benzene rings is 1. The fourth-order valence-electron chi connectivity index (χ4n) is 2.01. The Hall–Kier alpha value is -1.83. The highest BCUT2D eigenvalue weighted by atomic mass is 14.9. The highest BCUT2D eigenvalue weighted by molar-refractivity contribution is 5.45. The van der Waals surface area contributed by atoms with E-state index in [0.29, 0.717) is 6.04 Å². The summed E-state index contributed by atoms with van der Waals surface area (Å²) in [5.41, 5.74) is 4.84. The Morgan fingerprint density at radius 1 is 1.17 bits per heavy atom. The van der Waals surface area contributed by atoms with E-state index in [1.165, 1.54) is 11.1 Å². The van der Waals surface area contributed by atoms with E-state index in [9.17, 15) is 0 Å². The first kappa shape index (κ1) is 12.6. The number of aromatic nitrogens is 1. The quantitative estimate of drug-likeness (QED) is 0.869. The lowest BCUT2D eigenvalue weighted by molar-refractivity contribution is 0.881. The summed E-state index contributed by atoms with van der Waals surface area (Å²) in [5.74, 6) is 0. The molecule has 94 valence electrons. The van der Waals surface area contributed by atoms with Crippen LogP contribution in [-0.2, 0) is 6.42 Å². The number of anilines is 1. The lowest BCUT2D eigenvalue weighted by atomic mass is 10.0. The Kier molecular flexibility index (Phi) is 3.98. The monoisotopic (exact) mass is 240 g/mol. The smallest absolute Gasteiger partial charge is 0.0485 e. The average Bonchev–Trinajstić information content (AvgIpc) is 2.39. The van der Waals surface area contributed by atoms with Gasteiger partial charge in [-0.25, -0.2) is 0 Å². The maximum atomic E-state index is 4.20. The van der Waals surface area contributed by atoms with Crippen LogP contribution in [0.5, 0.6) is 0 Å². The molecule has 0 saturated carbocycles. The van der Waals surface area contributed by atoms with Gasteiger partial charge in [-0.15, -0.1) is 0 Å². The number of aryl methyl sites for hydroxylation is 2. The molecule has 1 heterocycles. The fraction of sp³-hybridized carbons (Fsp3) is 0.312. The van der Waals surface area contributed by atoms with Crippen LogP contribution in [0.4, 0.5) is 5.69 Å². The van der Waals surface area contributed by atoms with Crippen LogP contribution in [0, 0.1) is 6.92 Å². The van der Waals surface area contributed by atoms with Crippen molar-refractivity contribution in [3.05, 3.63) is 59.4 Å². The first-order chi connectivity index (χ1) is 8.69. The minimum Gasteiger partial charge on any atom is -0.378 e. The van der Waals surface area contributed by atoms with Crippen molar-refractivity contribution in [2.75, 3.05) is 5.32 Å². The van der Waals surface area contributed by atoms with Gasteiger partial charge in [-0.3, -0.25) is 4.98 Å². The van der Waals surface area contributed by atoms with Gasteiger partial charge in [0.15, 0.2) is 0 Å². The third kappa shape index (κ3) is 3.10. The molecule has 2 aromatic rings. The number of pyridine rings is 1. The molecule has 0 aliphatic rings. The van der Waals surface area contributed by atoms with Crippen molar-refractivity contribution < 1.29 is 0 Å². The lowest BCUT2D eigenvalue weighted by Crippen LogP contribution is -2.06. The Morgan fingerprint density at radius 2 is 1.89 bits per heavy atom. The van der Waals surface area contributed by atoms with Crippen molar-refractivity contribution in [3.63, 3.8) is 0 Å². The molecular weight excluding hydrogens is 220 g/mol. The van der Waals surface area contributed by atoms with Gasteiger partial charge in [0, 0.05) is 23.6 Å². The van der Waals surface area contributed by atoms with Crippen molar-refractivity contribution >= 4 is 5.69 Å². The molecule has 2 nitrogen and oxygen atoms in total. The zero-order valence-electron chi connectivity index (χ0n) is 11.3. The van der Waals surface area contributed by atoms with E-state index in [1.807, 2.05) is 19.2 Å². The Labute approximate surface area is 109 Å². The molecule has 18 heavy (non-hydrogen) atoms. The number of hydrogen-bond donors (Lipinski definition) is 1. The molecule has 0 radical (unpaired) electrons. The molecule has 0 fully saturated rings. The van der Waals surface area contributed by atoms with Crippen LogP contribution in [0.3, 0.4) is 0 Å². The van der Waals surface area contributed by atoms with Gasteiger partial charge in [-0.1, -0.05) is 31.2 Å². The maximum Gasteiger partial charge on any atom is 0.0485 e. The van der Waals surface area contributed by atoms with Crippen LogP contribution < -0.4 is 5.32 Å². The molecule has 0 spiro atoms. The van der Waals surface area contributed by atoms with Gasteiger partial charge in [0.25, 0.3) is 0 Å².